The van der Waals surface area contributed by atoms with Crippen molar-refractivity contribution >= 4 is 27.5 Å². The molecular formula is C19H23N3O5S. The van der Waals surface area contributed by atoms with Crippen LogP contribution < -0.4 is 15.4 Å². The first-order chi connectivity index (χ1) is 13.3. The van der Waals surface area contributed by atoms with E-state index < -0.39 is 28.4 Å². The van der Waals surface area contributed by atoms with Gasteiger partial charge in [0.1, 0.15) is 5.75 Å². The molecule has 2 aromatic rings. The zero-order valence-electron chi connectivity index (χ0n) is 15.7. The van der Waals surface area contributed by atoms with Gasteiger partial charge >= 0.3 is 0 Å². The fourth-order valence-electron chi connectivity index (χ4n) is 2.30. The van der Waals surface area contributed by atoms with Crippen molar-refractivity contribution in [3.05, 3.63) is 54.6 Å². The van der Waals surface area contributed by atoms with Crippen molar-refractivity contribution in [3.8, 4) is 5.75 Å². The van der Waals surface area contributed by atoms with E-state index in [1.165, 1.54) is 19.2 Å². The van der Waals surface area contributed by atoms with Crippen LogP contribution in [0.3, 0.4) is 0 Å². The van der Waals surface area contributed by atoms with Crippen molar-refractivity contribution in [1.29, 1.82) is 0 Å². The number of hydrogen-bond acceptors (Lipinski definition) is 5. The van der Waals surface area contributed by atoms with Gasteiger partial charge in [-0.25, -0.2) is 8.42 Å². The summed E-state index contributed by atoms with van der Waals surface area (Å²) in [5.41, 5.74) is 0.562. The summed E-state index contributed by atoms with van der Waals surface area (Å²) in [6, 6.07) is 14.6. The molecule has 0 heterocycles. The number of ether oxygens (including phenoxy) is 1. The van der Waals surface area contributed by atoms with Crippen LogP contribution in [-0.4, -0.2) is 51.3 Å². The van der Waals surface area contributed by atoms with E-state index in [1.807, 2.05) is 6.92 Å². The van der Waals surface area contributed by atoms with Gasteiger partial charge in [0.05, 0.1) is 24.6 Å². The number of sulfonamides is 1. The Morgan fingerprint density at radius 1 is 1.00 bits per heavy atom. The quantitative estimate of drug-likeness (QED) is 0.657. The van der Waals surface area contributed by atoms with Crippen LogP contribution in [0, 0.1) is 0 Å². The Balaban J connectivity index is 1.82. The van der Waals surface area contributed by atoms with Crippen LogP contribution in [-0.2, 0) is 19.6 Å². The first-order valence-electron chi connectivity index (χ1n) is 8.63. The van der Waals surface area contributed by atoms with E-state index >= 15 is 0 Å². The fraction of sp³-hybridized carbons (Fsp3) is 0.263. The van der Waals surface area contributed by atoms with E-state index in [0.29, 0.717) is 18.0 Å². The monoisotopic (exact) mass is 405 g/mol. The lowest BCUT2D eigenvalue weighted by Crippen LogP contribution is -2.41. The highest BCUT2D eigenvalue weighted by molar-refractivity contribution is 7.89. The third-order valence-electron chi connectivity index (χ3n) is 3.71. The lowest BCUT2D eigenvalue weighted by Gasteiger charge is -2.16. The lowest BCUT2D eigenvalue weighted by molar-refractivity contribution is -0.124. The molecule has 0 aliphatic heterocycles. The number of carbonyl (C=O) groups excluding carboxylic acids is 2. The number of amides is 2. The Kier molecular flexibility index (Phi) is 7.53. The van der Waals surface area contributed by atoms with Crippen LogP contribution in [0.15, 0.2) is 59.5 Å². The summed E-state index contributed by atoms with van der Waals surface area (Å²) in [4.78, 5) is 24.0. The number of benzene rings is 2. The summed E-state index contributed by atoms with van der Waals surface area (Å²) >= 11 is 0. The maximum atomic E-state index is 12.4. The molecule has 0 aliphatic rings. The molecule has 0 aromatic heterocycles. The van der Waals surface area contributed by atoms with Gasteiger partial charge in [-0.3, -0.25) is 9.59 Å². The molecule has 2 rings (SSSR count). The van der Waals surface area contributed by atoms with Gasteiger partial charge in [-0.15, -0.1) is 0 Å². The number of nitrogens with one attached hydrogen (secondary N) is 2. The van der Waals surface area contributed by atoms with Crippen LogP contribution in [0.2, 0.25) is 0 Å². The third kappa shape index (κ3) is 6.07. The number of nitrogens with zero attached hydrogens (tertiary/aromatic N) is 1. The van der Waals surface area contributed by atoms with Gasteiger partial charge in [0, 0.05) is 12.7 Å². The topological polar surface area (TPSA) is 105 Å². The molecule has 2 aromatic carbocycles. The van der Waals surface area contributed by atoms with Crippen molar-refractivity contribution in [2.45, 2.75) is 11.8 Å². The lowest BCUT2D eigenvalue weighted by atomic mass is 10.3. The Morgan fingerprint density at radius 2 is 1.64 bits per heavy atom. The minimum Gasteiger partial charge on any atom is -0.494 e. The van der Waals surface area contributed by atoms with Gasteiger partial charge in [0.15, 0.2) is 0 Å². The molecule has 2 amide bonds. The normalized spacial score (nSPS) is 11.1. The highest BCUT2D eigenvalue weighted by Gasteiger charge is 2.22. The van der Waals surface area contributed by atoms with Crippen LogP contribution >= 0.6 is 0 Å². The summed E-state index contributed by atoms with van der Waals surface area (Å²) in [5.74, 6) is -0.314. The van der Waals surface area contributed by atoms with Gasteiger partial charge in [-0.05, 0) is 43.3 Å². The average molecular weight is 405 g/mol. The molecule has 0 bridgehead atoms. The van der Waals surface area contributed by atoms with Crippen molar-refractivity contribution in [3.63, 3.8) is 0 Å². The molecule has 0 saturated carbocycles. The molecule has 0 radical (unpaired) electrons. The van der Waals surface area contributed by atoms with E-state index in [0.717, 1.165) is 4.31 Å². The smallest absolute Gasteiger partial charge is 0.243 e. The maximum Gasteiger partial charge on any atom is 0.243 e. The molecular weight excluding hydrogens is 382 g/mol. The Hall–Kier alpha value is -2.91. The largest absolute Gasteiger partial charge is 0.494 e. The first kappa shape index (κ1) is 21.4. The zero-order valence-corrected chi connectivity index (χ0v) is 16.5. The van der Waals surface area contributed by atoms with E-state index in [4.69, 9.17) is 4.74 Å². The molecule has 2 N–H and O–H groups in total. The van der Waals surface area contributed by atoms with Crippen LogP contribution in [0.4, 0.5) is 5.69 Å². The molecule has 0 saturated heterocycles. The number of rotatable bonds is 9. The molecule has 150 valence electrons. The summed E-state index contributed by atoms with van der Waals surface area (Å²) in [6.07, 6.45) is 0. The molecule has 0 fully saturated rings. The summed E-state index contributed by atoms with van der Waals surface area (Å²) < 4.78 is 31.0. The Bertz CT molecular complexity index is 899. The van der Waals surface area contributed by atoms with Crippen molar-refractivity contribution in [2.75, 3.05) is 32.1 Å². The Morgan fingerprint density at radius 3 is 2.25 bits per heavy atom. The molecule has 0 atom stereocenters. The maximum absolute atomic E-state index is 12.4. The molecule has 0 unspecified atom stereocenters. The second kappa shape index (κ2) is 9.86. The van der Waals surface area contributed by atoms with E-state index in [-0.39, 0.29) is 11.4 Å². The standard InChI is InChI=1S/C19H23N3O5S/c1-3-27-16-11-9-15(10-12-16)21-18(23)13-20-19(24)14-22(2)28(25,26)17-7-5-4-6-8-17/h4-12H,3,13-14H2,1-2H3,(H,20,24)(H,21,23). The van der Waals surface area contributed by atoms with Gasteiger partial charge in [0.25, 0.3) is 0 Å². The minimum atomic E-state index is -3.77. The van der Waals surface area contributed by atoms with Crippen LogP contribution in [0.5, 0.6) is 5.75 Å². The number of anilines is 1. The van der Waals surface area contributed by atoms with Gasteiger partial charge in [-0.1, -0.05) is 18.2 Å². The second-order valence-corrected chi connectivity index (χ2v) is 7.90. The van der Waals surface area contributed by atoms with Gasteiger partial charge in [-0.2, -0.15) is 4.31 Å². The van der Waals surface area contributed by atoms with Crippen molar-refractivity contribution in [2.24, 2.45) is 0 Å². The second-order valence-electron chi connectivity index (χ2n) is 5.86. The highest BCUT2D eigenvalue weighted by Crippen LogP contribution is 2.15. The first-order valence-corrected chi connectivity index (χ1v) is 10.1. The summed E-state index contributed by atoms with van der Waals surface area (Å²) in [6.45, 7) is 1.76. The SMILES string of the molecule is CCOc1ccc(NC(=O)CNC(=O)CN(C)S(=O)(=O)c2ccccc2)cc1. The molecule has 0 aliphatic carbocycles. The number of hydrogen-bond donors (Lipinski definition) is 2. The molecule has 28 heavy (non-hydrogen) atoms. The summed E-state index contributed by atoms with van der Waals surface area (Å²) in [7, 11) is -2.46. The third-order valence-corrected chi connectivity index (χ3v) is 5.53. The van der Waals surface area contributed by atoms with E-state index in [1.54, 1.807) is 42.5 Å². The van der Waals surface area contributed by atoms with Crippen LogP contribution in [0.1, 0.15) is 6.92 Å². The minimum absolute atomic E-state index is 0.0959. The van der Waals surface area contributed by atoms with E-state index in [9.17, 15) is 18.0 Å². The van der Waals surface area contributed by atoms with Gasteiger partial charge < -0.3 is 15.4 Å². The van der Waals surface area contributed by atoms with Crippen molar-refractivity contribution < 1.29 is 22.7 Å². The molecule has 0 spiro atoms. The molecule has 8 nitrogen and oxygen atoms in total. The number of likely N-dealkylation sites (N-methyl/N-ethyl adjacent to an activating group) is 1. The zero-order chi connectivity index (χ0) is 20.6. The predicted octanol–water partition coefficient (Wildman–Crippen LogP) is 1.46. The molecule has 9 heteroatoms. The van der Waals surface area contributed by atoms with Crippen molar-refractivity contribution in [1.82, 2.24) is 9.62 Å². The highest BCUT2D eigenvalue weighted by atomic mass is 32.2. The van der Waals surface area contributed by atoms with E-state index in [2.05, 4.69) is 10.6 Å². The summed E-state index contributed by atoms with van der Waals surface area (Å²) in [5, 5.41) is 5.04. The Labute approximate surface area is 164 Å². The average Bonchev–Trinajstić information content (AvgIpc) is 2.69. The van der Waals surface area contributed by atoms with Crippen LogP contribution in [0.25, 0.3) is 0 Å². The predicted molar refractivity (Wildman–Crippen MR) is 106 cm³/mol. The fourth-order valence-corrected chi connectivity index (χ4v) is 3.45. The van der Waals surface area contributed by atoms with Gasteiger partial charge in [0.2, 0.25) is 21.8 Å². The number of carbonyl (C=O) groups is 2.